The molecule has 0 aliphatic rings. The largest absolute Gasteiger partial charge is 0.341 e. The number of hydrogen-bond donors (Lipinski definition) is 0. The normalized spacial score (nSPS) is 11.4. The first-order chi connectivity index (χ1) is 10.2. The van der Waals surface area contributed by atoms with E-state index in [2.05, 4.69) is 60.9 Å². The number of benzene rings is 1. The van der Waals surface area contributed by atoms with Crippen LogP contribution in [0.2, 0.25) is 5.02 Å². The van der Waals surface area contributed by atoms with E-state index >= 15 is 0 Å². The lowest BCUT2D eigenvalue weighted by atomic mass is 10.1. The number of nitrogens with zero attached hydrogens (tertiary/aromatic N) is 3. The van der Waals surface area contributed by atoms with Crippen LogP contribution in [0.5, 0.6) is 0 Å². The molecule has 0 amide bonds. The van der Waals surface area contributed by atoms with Gasteiger partial charge in [-0.25, -0.2) is 0 Å². The highest BCUT2D eigenvalue weighted by Crippen LogP contribution is 2.25. The SMILES string of the molecule is CCc1nn(CC)c(Cn2ccc3c(C)cccc32)c1Cl. The van der Waals surface area contributed by atoms with Crippen LogP contribution in [0, 0.1) is 6.92 Å². The third-order valence-electron chi connectivity index (χ3n) is 4.05. The number of hydrogen-bond acceptors (Lipinski definition) is 1. The van der Waals surface area contributed by atoms with Gasteiger partial charge in [0.05, 0.1) is 23.0 Å². The van der Waals surface area contributed by atoms with Crippen molar-refractivity contribution in [3.8, 4) is 0 Å². The summed E-state index contributed by atoms with van der Waals surface area (Å²) >= 11 is 6.51. The van der Waals surface area contributed by atoms with Crippen molar-refractivity contribution in [2.24, 2.45) is 0 Å². The van der Waals surface area contributed by atoms with Gasteiger partial charge in [0.25, 0.3) is 0 Å². The van der Waals surface area contributed by atoms with Gasteiger partial charge in [0.15, 0.2) is 0 Å². The van der Waals surface area contributed by atoms with Gasteiger partial charge in [0.2, 0.25) is 0 Å². The molecule has 0 N–H and O–H groups in total. The molecule has 0 bridgehead atoms. The van der Waals surface area contributed by atoms with Crippen LogP contribution in [0.25, 0.3) is 10.9 Å². The molecule has 3 rings (SSSR count). The van der Waals surface area contributed by atoms with Crippen LogP contribution in [0.4, 0.5) is 0 Å². The molecule has 0 aliphatic heterocycles. The molecule has 3 nitrogen and oxygen atoms in total. The Morgan fingerprint density at radius 1 is 1.19 bits per heavy atom. The highest BCUT2D eigenvalue weighted by Gasteiger charge is 2.15. The van der Waals surface area contributed by atoms with Gasteiger partial charge in [-0.2, -0.15) is 5.10 Å². The quantitative estimate of drug-likeness (QED) is 0.699. The Balaban J connectivity index is 2.07. The molecule has 2 heterocycles. The molecule has 0 atom stereocenters. The number of halogens is 1. The van der Waals surface area contributed by atoms with Crippen molar-refractivity contribution in [1.82, 2.24) is 14.3 Å². The van der Waals surface area contributed by atoms with Crippen LogP contribution >= 0.6 is 11.6 Å². The van der Waals surface area contributed by atoms with Gasteiger partial charge in [0.1, 0.15) is 0 Å². The standard InChI is InChI=1S/C17H20ClN3/c1-4-14-17(18)16(21(5-2)19-14)11-20-10-9-13-12(3)7-6-8-15(13)20/h6-10H,4-5,11H2,1-3H3. The zero-order valence-electron chi connectivity index (χ0n) is 12.7. The zero-order chi connectivity index (χ0) is 15.0. The average Bonchev–Trinajstić information content (AvgIpc) is 3.03. The average molecular weight is 302 g/mol. The third-order valence-corrected chi connectivity index (χ3v) is 4.48. The highest BCUT2D eigenvalue weighted by atomic mass is 35.5. The van der Waals surface area contributed by atoms with Crippen LogP contribution in [0.1, 0.15) is 30.8 Å². The van der Waals surface area contributed by atoms with Crippen LogP contribution in [-0.2, 0) is 19.5 Å². The second kappa shape index (κ2) is 5.57. The lowest BCUT2D eigenvalue weighted by Crippen LogP contribution is -2.07. The first-order valence-corrected chi connectivity index (χ1v) is 7.82. The van der Waals surface area contributed by atoms with Crippen LogP contribution in [0.15, 0.2) is 30.5 Å². The van der Waals surface area contributed by atoms with Gasteiger partial charge in [-0.05, 0) is 38.0 Å². The van der Waals surface area contributed by atoms with Crippen molar-refractivity contribution in [3.63, 3.8) is 0 Å². The summed E-state index contributed by atoms with van der Waals surface area (Å²) in [4.78, 5) is 0. The summed E-state index contributed by atoms with van der Waals surface area (Å²) in [6, 6.07) is 8.57. The molecule has 4 heteroatoms. The predicted octanol–water partition coefficient (Wildman–Crippen LogP) is 4.43. The number of fused-ring (bicyclic) bond motifs is 1. The maximum atomic E-state index is 6.51. The maximum Gasteiger partial charge on any atom is 0.0868 e. The summed E-state index contributed by atoms with van der Waals surface area (Å²) in [5, 5.41) is 6.71. The van der Waals surface area contributed by atoms with E-state index in [1.807, 2.05) is 4.68 Å². The van der Waals surface area contributed by atoms with E-state index in [1.165, 1.54) is 16.5 Å². The van der Waals surface area contributed by atoms with Gasteiger partial charge in [-0.15, -0.1) is 0 Å². The monoisotopic (exact) mass is 301 g/mol. The van der Waals surface area contributed by atoms with Crippen LogP contribution in [0.3, 0.4) is 0 Å². The second-order valence-corrected chi connectivity index (χ2v) is 5.71. The fourth-order valence-electron chi connectivity index (χ4n) is 2.84. The van der Waals surface area contributed by atoms with Crippen molar-refractivity contribution < 1.29 is 0 Å². The Hall–Kier alpha value is -1.74. The Bertz CT molecular complexity index is 783. The molecule has 110 valence electrons. The first-order valence-electron chi connectivity index (χ1n) is 7.44. The summed E-state index contributed by atoms with van der Waals surface area (Å²) in [7, 11) is 0. The molecule has 2 aromatic heterocycles. The predicted molar refractivity (Wildman–Crippen MR) is 88.1 cm³/mol. The third kappa shape index (κ3) is 2.36. The Kier molecular flexibility index (Phi) is 3.77. The number of rotatable bonds is 4. The summed E-state index contributed by atoms with van der Waals surface area (Å²) in [5.74, 6) is 0. The minimum atomic E-state index is 0.757. The van der Waals surface area contributed by atoms with E-state index in [0.29, 0.717) is 0 Å². The van der Waals surface area contributed by atoms with Crippen LogP contribution in [-0.4, -0.2) is 14.3 Å². The highest BCUT2D eigenvalue weighted by molar-refractivity contribution is 6.31. The van der Waals surface area contributed by atoms with Crippen molar-refractivity contribution in [2.75, 3.05) is 0 Å². The lowest BCUT2D eigenvalue weighted by Gasteiger charge is -2.09. The molecule has 0 aliphatic carbocycles. The maximum absolute atomic E-state index is 6.51. The molecule has 3 aromatic rings. The van der Waals surface area contributed by atoms with E-state index in [1.54, 1.807) is 0 Å². The van der Waals surface area contributed by atoms with Crippen molar-refractivity contribution in [3.05, 3.63) is 52.4 Å². The minimum absolute atomic E-state index is 0.757. The lowest BCUT2D eigenvalue weighted by molar-refractivity contribution is 0.599. The molecule has 0 saturated heterocycles. The Morgan fingerprint density at radius 2 is 2.00 bits per heavy atom. The van der Waals surface area contributed by atoms with E-state index in [-0.39, 0.29) is 0 Å². The van der Waals surface area contributed by atoms with Crippen molar-refractivity contribution >= 4 is 22.5 Å². The zero-order valence-corrected chi connectivity index (χ0v) is 13.5. The summed E-state index contributed by atoms with van der Waals surface area (Å²) in [5.41, 5.74) is 4.62. The van der Waals surface area contributed by atoms with Crippen LogP contribution < -0.4 is 0 Å². The van der Waals surface area contributed by atoms with Gasteiger partial charge >= 0.3 is 0 Å². The van der Waals surface area contributed by atoms with Gasteiger partial charge in [-0.1, -0.05) is 30.7 Å². The molecule has 0 saturated carbocycles. The summed E-state index contributed by atoms with van der Waals surface area (Å²) in [6.45, 7) is 7.93. The second-order valence-electron chi connectivity index (χ2n) is 5.33. The smallest absolute Gasteiger partial charge is 0.0868 e. The van der Waals surface area contributed by atoms with Gasteiger partial charge < -0.3 is 4.57 Å². The summed E-state index contributed by atoms with van der Waals surface area (Å²) < 4.78 is 4.26. The number of aryl methyl sites for hydroxylation is 3. The van der Waals surface area contributed by atoms with Crippen molar-refractivity contribution in [1.29, 1.82) is 0 Å². The molecule has 0 radical (unpaired) electrons. The molecule has 21 heavy (non-hydrogen) atoms. The fraction of sp³-hybridized carbons (Fsp3) is 0.353. The first kappa shape index (κ1) is 14.2. The van der Waals surface area contributed by atoms with E-state index in [9.17, 15) is 0 Å². The van der Waals surface area contributed by atoms with E-state index < -0.39 is 0 Å². The molecule has 0 unspecified atom stereocenters. The minimum Gasteiger partial charge on any atom is -0.341 e. The van der Waals surface area contributed by atoms with E-state index in [0.717, 1.165) is 35.9 Å². The molecule has 0 spiro atoms. The van der Waals surface area contributed by atoms with Crippen molar-refractivity contribution in [2.45, 2.75) is 40.3 Å². The van der Waals surface area contributed by atoms with E-state index in [4.69, 9.17) is 11.6 Å². The van der Waals surface area contributed by atoms with Gasteiger partial charge in [0, 0.05) is 23.6 Å². The Morgan fingerprint density at radius 3 is 2.71 bits per heavy atom. The Labute approximate surface area is 130 Å². The topological polar surface area (TPSA) is 22.8 Å². The molecule has 0 fully saturated rings. The molecular formula is C17H20ClN3. The molecular weight excluding hydrogens is 282 g/mol. The molecule has 1 aromatic carbocycles. The fourth-order valence-corrected chi connectivity index (χ4v) is 3.17. The summed E-state index contributed by atoms with van der Waals surface area (Å²) in [6.07, 6.45) is 3.00. The number of aromatic nitrogens is 3. The van der Waals surface area contributed by atoms with Gasteiger partial charge in [-0.3, -0.25) is 4.68 Å².